The van der Waals surface area contributed by atoms with Crippen molar-refractivity contribution in [3.05, 3.63) is 58.9 Å². The third-order valence-electron chi connectivity index (χ3n) is 3.90. The predicted molar refractivity (Wildman–Crippen MR) is 110 cm³/mol. The van der Waals surface area contributed by atoms with E-state index < -0.39 is 16.1 Å². The van der Waals surface area contributed by atoms with Crippen molar-refractivity contribution in [1.82, 2.24) is 9.97 Å². The second-order valence-electron chi connectivity index (χ2n) is 6.97. The van der Waals surface area contributed by atoms with Gasteiger partial charge in [-0.15, -0.1) is 0 Å². The van der Waals surface area contributed by atoms with Crippen LogP contribution in [0, 0.1) is 6.92 Å². The number of fused-ring (bicyclic) bond motifs is 1. The number of halogens is 1. The highest BCUT2D eigenvalue weighted by Crippen LogP contribution is 2.30. The van der Waals surface area contributed by atoms with Crippen LogP contribution in [0.1, 0.15) is 32.0 Å². The molecule has 0 N–H and O–H groups in total. The summed E-state index contributed by atoms with van der Waals surface area (Å²) in [6.07, 6.45) is 3.38. The Hall–Kier alpha value is -1.95. The molecule has 6 heteroatoms. The standard InChI is InChI=1S/C20H20ClN3OS/c1-13-16(8-6-10-22-13)18-15(12-23-26(25)20(2,3)4)11-14-7-5-9-17(21)19(14)24-18/h5-12H,1-4H3/b23-12+. The van der Waals surface area contributed by atoms with E-state index >= 15 is 0 Å². The molecule has 1 atom stereocenters. The molecule has 0 fully saturated rings. The van der Waals surface area contributed by atoms with Gasteiger partial charge in [0.2, 0.25) is 0 Å². The van der Waals surface area contributed by atoms with E-state index in [1.807, 2.05) is 64.1 Å². The zero-order valence-electron chi connectivity index (χ0n) is 15.2. The highest BCUT2D eigenvalue weighted by molar-refractivity contribution is 7.91. The van der Waals surface area contributed by atoms with Crippen molar-refractivity contribution in [3.63, 3.8) is 0 Å². The number of aromatic nitrogens is 2. The lowest BCUT2D eigenvalue weighted by atomic mass is 10.0. The average Bonchev–Trinajstić information content (AvgIpc) is 2.59. The summed E-state index contributed by atoms with van der Waals surface area (Å²) >= 11 is 4.99. The van der Waals surface area contributed by atoms with E-state index in [1.54, 1.807) is 12.4 Å². The SMILES string of the molecule is Cc1ncccc1-c1nc2c(Cl)cccc2cc1/C=N/[S+]([O-])C(C)(C)C. The van der Waals surface area contributed by atoms with Crippen LogP contribution >= 0.6 is 11.6 Å². The minimum absolute atomic E-state index is 0.422. The summed E-state index contributed by atoms with van der Waals surface area (Å²) in [4.78, 5) is 9.14. The summed E-state index contributed by atoms with van der Waals surface area (Å²) in [5, 5.41) is 1.50. The van der Waals surface area contributed by atoms with Crippen LogP contribution in [-0.2, 0) is 11.4 Å². The third kappa shape index (κ3) is 3.90. The molecule has 0 amide bonds. The first-order chi connectivity index (χ1) is 12.3. The lowest BCUT2D eigenvalue weighted by Gasteiger charge is -2.18. The van der Waals surface area contributed by atoms with Gasteiger partial charge in [0.25, 0.3) is 0 Å². The van der Waals surface area contributed by atoms with Crippen molar-refractivity contribution in [1.29, 1.82) is 0 Å². The van der Waals surface area contributed by atoms with Gasteiger partial charge in [0.15, 0.2) is 0 Å². The van der Waals surface area contributed by atoms with Crippen LogP contribution in [0.5, 0.6) is 0 Å². The third-order valence-corrected chi connectivity index (χ3v) is 5.55. The van der Waals surface area contributed by atoms with Gasteiger partial charge in [0.05, 0.1) is 22.4 Å². The minimum atomic E-state index is -1.35. The summed E-state index contributed by atoms with van der Waals surface area (Å²) in [5.41, 5.74) is 4.00. The Morgan fingerprint density at radius 2 is 1.96 bits per heavy atom. The molecule has 0 bridgehead atoms. The van der Waals surface area contributed by atoms with Gasteiger partial charge < -0.3 is 4.55 Å². The van der Waals surface area contributed by atoms with Gasteiger partial charge in [-0.1, -0.05) is 28.1 Å². The Morgan fingerprint density at radius 3 is 2.65 bits per heavy atom. The second kappa shape index (κ2) is 7.35. The molecular formula is C20H20ClN3OS. The molecule has 3 aromatic rings. The summed E-state index contributed by atoms with van der Waals surface area (Å²) in [6.45, 7) is 7.61. The van der Waals surface area contributed by atoms with Gasteiger partial charge in [0.1, 0.15) is 16.1 Å². The fraction of sp³-hybridized carbons (Fsp3) is 0.250. The fourth-order valence-corrected chi connectivity index (χ4v) is 3.24. The van der Waals surface area contributed by atoms with E-state index in [0.717, 1.165) is 33.4 Å². The first kappa shape index (κ1) is 18.8. The first-order valence-corrected chi connectivity index (χ1v) is 9.73. The normalized spacial score (nSPS) is 13.5. The highest BCUT2D eigenvalue weighted by Gasteiger charge is 2.26. The number of pyridine rings is 2. The van der Waals surface area contributed by atoms with Crippen molar-refractivity contribution in [2.75, 3.05) is 0 Å². The van der Waals surface area contributed by atoms with Crippen LogP contribution in [0.4, 0.5) is 0 Å². The molecule has 0 aliphatic rings. The van der Waals surface area contributed by atoms with Crippen LogP contribution in [-0.4, -0.2) is 25.5 Å². The molecule has 0 aliphatic heterocycles. The molecule has 0 spiro atoms. The van der Waals surface area contributed by atoms with Crippen molar-refractivity contribution >= 4 is 40.1 Å². The Labute approximate surface area is 161 Å². The lowest BCUT2D eigenvalue weighted by Crippen LogP contribution is -2.25. The molecule has 0 saturated heterocycles. The summed E-state index contributed by atoms with van der Waals surface area (Å²) < 4.78 is 16.2. The number of para-hydroxylation sites is 1. The van der Waals surface area contributed by atoms with E-state index in [4.69, 9.17) is 16.6 Å². The molecule has 26 heavy (non-hydrogen) atoms. The fourth-order valence-electron chi connectivity index (χ4n) is 2.49. The zero-order chi connectivity index (χ0) is 18.9. The molecule has 0 radical (unpaired) electrons. The Balaban J connectivity index is 2.21. The van der Waals surface area contributed by atoms with Crippen LogP contribution in [0.3, 0.4) is 0 Å². The molecule has 1 aromatic carbocycles. The molecular weight excluding hydrogens is 366 g/mol. The number of aryl methyl sites for hydroxylation is 1. The maximum atomic E-state index is 12.3. The maximum absolute atomic E-state index is 12.3. The molecule has 1 unspecified atom stereocenters. The number of hydrogen-bond donors (Lipinski definition) is 0. The number of benzene rings is 1. The highest BCUT2D eigenvalue weighted by atomic mass is 35.5. The van der Waals surface area contributed by atoms with Gasteiger partial charge in [0, 0.05) is 28.4 Å². The Bertz CT molecular complexity index is 982. The monoisotopic (exact) mass is 385 g/mol. The number of hydrogen-bond acceptors (Lipinski definition) is 4. The predicted octanol–water partition coefficient (Wildman–Crippen LogP) is 5.14. The van der Waals surface area contributed by atoms with Gasteiger partial charge in [-0.25, -0.2) is 4.98 Å². The lowest BCUT2D eigenvalue weighted by molar-refractivity contribution is 0.562. The molecule has 2 aromatic heterocycles. The van der Waals surface area contributed by atoms with E-state index in [-0.39, 0.29) is 0 Å². The molecule has 0 aliphatic carbocycles. The van der Waals surface area contributed by atoms with Gasteiger partial charge >= 0.3 is 0 Å². The maximum Gasteiger partial charge on any atom is 0.144 e. The summed E-state index contributed by atoms with van der Waals surface area (Å²) in [6, 6.07) is 11.5. The van der Waals surface area contributed by atoms with Crippen LogP contribution in [0.2, 0.25) is 5.02 Å². The molecule has 3 rings (SSSR count). The summed E-state index contributed by atoms with van der Waals surface area (Å²) in [5.74, 6) is 0. The average molecular weight is 386 g/mol. The first-order valence-electron chi connectivity index (χ1n) is 8.24. The largest absolute Gasteiger partial charge is 0.591 e. The van der Waals surface area contributed by atoms with Gasteiger partial charge in [-0.2, -0.15) is 0 Å². The van der Waals surface area contributed by atoms with E-state index in [2.05, 4.69) is 9.38 Å². The molecule has 4 nitrogen and oxygen atoms in total. The van der Waals surface area contributed by atoms with Crippen LogP contribution in [0.25, 0.3) is 22.2 Å². The van der Waals surface area contributed by atoms with Crippen molar-refractivity contribution in [3.8, 4) is 11.3 Å². The minimum Gasteiger partial charge on any atom is -0.591 e. The van der Waals surface area contributed by atoms with Crippen molar-refractivity contribution in [2.45, 2.75) is 32.4 Å². The number of nitrogens with zero attached hydrogens (tertiary/aromatic N) is 3. The van der Waals surface area contributed by atoms with E-state index in [9.17, 15) is 4.55 Å². The smallest absolute Gasteiger partial charge is 0.144 e. The zero-order valence-corrected chi connectivity index (χ0v) is 16.7. The van der Waals surface area contributed by atoms with Gasteiger partial charge in [-0.05, 0) is 52.0 Å². The van der Waals surface area contributed by atoms with E-state index in [1.165, 1.54) is 0 Å². The number of rotatable bonds is 3. The van der Waals surface area contributed by atoms with Crippen molar-refractivity contribution in [2.24, 2.45) is 4.40 Å². The topological polar surface area (TPSA) is 61.2 Å². The molecule has 0 saturated carbocycles. The Morgan fingerprint density at radius 1 is 1.19 bits per heavy atom. The van der Waals surface area contributed by atoms with Gasteiger partial charge in [-0.3, -0.25) is 4.98 Å². The summed E-state index contributed by atoms with van der Waals surface area (Å²) in [7, 11) is 0. The van der Waals surface area contributed by atoms with E-state index in [0.29, 0.717) is 5.02 Å². The quantitative estimate of drug-likeness (QED) is 0.463. The van der Waals surface area contributed by atoms with Crippen LogP contribution < -0.4 is 0 Å². The molecule has 134 valence electrons. The molecule has 2 heterocycles. The Kier molecular flexibility index (Phi) is 5.32. The van der Waals surface area contributed by atoms with Crippen molar-refractivity contribution < 1.29 is 4.55 Å². The van der Waals surface area contributed by atoms with Crippen LogP contribution in [0.15, 0.2) is 47.0 Å². The second-order valence-corrected chi connectivity index (χ2v) is 9.31.